The van der Waals surface area contributed by atoms with E-state index in [1.165, 1.54) is 4.90 Å². The van der Waals surface area contributed by atoms with Crippen molar-refractivity contribution in [2.75, 3.05) is 7.11 Å². The Labute approximate surface area is 209 Å². The summed E-state index contributed by atoms with van der Waals surface area (Å²) in [6.45, 7) is 4.05. The molecule has 1 aliphatic heterocycles. The number of hydrogen-bond acceptors (Lipinski definition) is 5. The number of ether oxygens (including phenoxy) is 2. The zero-order chi connectivity index (χ0) is 25.1. The summed E-state index contributed by atoms with van der Waals surface area (Å²) in [5.41, 5.74) is 1.94. The standard InChI is InChI=1S/C28H26ClNO5/c1-17(2)35-23-14-8-19(9-15-23)25-24(26(31)20-6-10-21(29)11-7-20)27(32)28(33)30(25)16-18-4-12-22(34-3)13-5-18/h4-15,17,25,31H,16H2,1-3H3/b26-24-. The molecule has 180 valence electrons. The molecule has 4 rings (SSSR count). The van der Waals surface area contributed by atoms with Crippen molar-refractivity contribution in [1.82, 2.24) is 4.90 Å². The minimum absolute atomic E-state index is 0.00598. The van der Waals surface area contributed by atoms with E-state index in [2.05, 4.69) is 0 Å². The summed E-state index contributed by atoms with van der Waals surface area (Å²) in [5.74, 6) is -0.295. The minimum atomic E-state index is -0.777. The highest BCUT2D eigenvalue weighted by molar-refractivity contribution is 6.46. The maximum atomic E-state index is 13.2. The van der Waals surface area contributed by atoms with Crippen LogP contribution in [0.15, 0.2) is 78.4 Å². The first-order chi connectivity index (χ1) is 16.8. The number of amides is 1. The zero-order valence-electron chi connectivity index (χ0n) is 19.7. The van der Waals surface area contributed by atoms with Gasteiger partial charge in [-0.1, -0.05) is 35.9 Å². The molecule has 1 unspecified atom stereocenters. The number of nitrogens with zero attached hydrogens (tertiary/aromatic N) is 1. The summed E-state index contributed by atoms with van der Waals surface area (Å²) in [6, 6.07) is 20.2. The van der Waals surface area contributed by atoms with Crippen LogP contribution in [0.1, 0.15) is 36.6 Å². The van der Waals surface area contributed by atoms with Crippen molar-refractivity contribution in [2.45, 2.75) is 32.5 Å². The van der Waals surface area contributed by atoms with Gasteiger partial charge in [0, 0.05) is 17.1 Å². The van der Waals surface area contributed by atoms with Crippen molar-refractivity contribution in [2.24, 2.45) is 0 Å². The lowest BCUT2D eigenvalue weighted by atomic mass is 9.95. The van der Waals surface area contributed by atoms with Crippen LogP contribution in [-0.2, 0) is 16.1 Å². The molecule has 0 spiro atoms. The van der Waals surface area contributed by atoms with Gasteiger partial charge in [-0.05, 0) is 73.5 Å². The average molecular weight is 492 g/mol. The third kappa shape index (κ3) is 5.17. The van der Waals surface area contributed by atoms with Crippen LogP contribution in [0.25, 0.3) is 5.76 Å². The highest BCUT2D eigenvalue weighted by Crippen LogP contribution is 2.41. The smallest absolute Gasteiger partial charge is 0.295 e. The number of rotatable bonds is 7. The van der Waals surface area contributed by atoms with Crippen molar-refractivity contribution in [3.05, 3.63) is 100 Å². The summed E-state index contributed by atoms with van der Waals surface area (Å²) in [7, 11) is 1.58. The van der Waals surface area contributed by atoms with Crippen LogP contribution in [0.3, 0.4) is 0 Å². The Bertz CT molecular complexity index is 1250. The van der Waals surface area contributed by atoms with Gasteiger partial charge in [0.1, 0.15) is 17.3 Å². The molecule has 1 aliphatic rings. The van der Waals surface area contributed by atoms with Gasteiger partial charge in [0.2, 0.25) is 0 Å². The Kier molecular flexibility index (Phi) is 7.12. The summed E-state index contributed by atoms with van der Waals surface area (Å²) in [6.07, 6.45) is 0.00598. The number of carbonyl (C=O) groups excluding carboxylic acids is 2. The third-order valence-electron chi connectivity index (χ3n) is 5.74. The molecule has 6 nitrogen and oxygen atoms in total. The largest absolute Gasteiger partial charge is 0.507 e. The quantitative estimate of drug-likeness (QED) is 0.258. The summed E-state index contributed by atoms with van der Waals surface area (Å²) in [5, 5.41) is 11.7. The Balaban J connectivity index is 1.79. The predicted octanol–water partition coefficient (Wildman–Crippen LogP) is 5.76. The van der Waals surface area contributed by atoms with Crippen molar-refractivity contribution in [3.63, 3.8) is 0 Å². The molecule has 3 aromatic carbocycles. The van der Waals surface area contributed by atoms with Gasteiger partial charge >= 0.3 is 0 Å². The van der Waals surface area contributed by atoms with Gasteiger partial charge in [0.15, 0.2) is 0 Å². The van der Waals surface area contributed by atoms with Crippen LogP contribution in [-0.4, -0.2) is 34.9 Å². The lowest BCUT2D eigenvalue weighted by Gasteiger charge is -2.26. The van der Waals surface area contributed by atoms with Gasteiger partial charge in [0.05, 0.1) is 24.8 Å². The molecular formula is C28H26ClNO5. The molecule has 3 aromatic rings. The van der Waals surface area contributed by atoms with Gasteiger partial charge in [-0.2, -0.15) is 0 Å². The number of halogens is 1. The van der Waals surface area contributed by atoms with Crippen LogP contribution < -0.4 is 9.47 Å². The van der Waals surface area contributed by atoms with E-state index < -0.39 is 17.7 Å². The minimum Gasteiger partial charge on any atom is -0.507 e. The Hall–Kier alpha value is -3.77. The summed E-state index contributed by atoms with van der Waals surface area (Å²) in [4.78, 5) is 27.9. The first-order valence-corrected chi connectivity index (χ1v) is 11.6. The van der Waals surface area contributed by atoms with Gasteiger partial charge in [0.25, 0.3) is 11.7 Å². The van der Waals surface area contributed by atoms with Crippen LogP contribution in [0, 0.1) is 0 Å². The maximum Gasteiger partial charge on any atom is 0.295 e. The van der Waals surface area contributed by atoms with Crippen LogP contribution >= 0.6 is 11.6 Å². The van der Waals surface area contributed by atoms with E-state index in [9.17, 15) is 14.7 Å². The SMILES string of the molecule is COc1ccc(CN2C(=O)C(=O)/C(=C(\O)c3ccc(Cl)cc3)C2c2ccc(OC(C)C)cc2)cc1. The number of Topliss-reactive ketones (excluding diaryl/α,β-unsaturated/α-hetero) is 1. The topological polar surface area (TPSA) is 76.1 Å². The van der Waals surface area contributed by atoms with Crippen molar-refractivity contribution >= 4 is 29.1 Å². The number of aliphatic hydroxyl groups excluding tert-OH is 1. The molecule has 0 bridgehead atoms. The summed E-state index contributed by atoms with van der Waals surface area (Å²) < 4.78 is 11.0. The van der Waals surface area contributed by atoms with Crippen molar-refractivity contribution in [3.8, 4) is 11.5 Å². The van der Waals surface area contributed by atoms with Crippen molar-refractivity contribution in [1.29, 1.82) is 0 Å². The van der Waals surface area contributed by atoms with E-state index in [1.54, 1.807) is 55.6 Å². The van der Waals surface area contributed by atoms with Crippen LogP contribution in [0.5, 0.6) is 11.5 Å². The Morgan fingerprint density at radius 2 is 1.54 bits per heavy atom. The van der Waals surface area contributed by atoms with Crippen LogP contribution in [0.2, 0.25) is 5.02 Å². The van der Waals surface area contributed by atoms with Gasteiger partial charge < -0.3 is 19.5 Å². The number of aliphatic hydroxyl groups is 1. The van der Waals surface area contributed by atoms with E-state index >= 15 is 0 Å². The van der Waals surface area contributed by atoms with E-state index in [4.69, 9.17) is 21.1 Å². The molecular weight excluding hydrogens is 466 g/mol. The number of carbonyl (C=O) groups is 2. The van der Waals surface area contributed by atoms with Gasteiger partial charge in [-0.3, -0.25) is 9.59 Å². The highest BCUT2D eigenvalue weighted by Gasteiger charge is 2.46. The molecule has 1 fully saturated rings. The predicted molar refractivity (Wildman–Crippen MR) is 134 cm³/mol. The number of hydrogen-bond donors (Lipinski definition) is 1. The number of methoxy groups -OCH3 is 1. The molecule has 1 N–H and O–H groups in total. The Morgan fingerprint density at radius 3 is 2.11 bits per heavy atom. The molecule has 0 aromatic heterocycles. The summed E-state index contributed by atoms with van der Waals surface area (Å²) >= 11 is 5.99. The van der Waals surface area contributed by atoms with E-state index in [0.717, 1.165) is 5.56 Å². The van der Waals surface area contributed by atoms with E-state index in [-0.39, 0.29) is 24.0 Å². The second kappa shape index (κ2) is 10.2. The molecule has 1 amide bonds. The monoisotopic (exact) mass is 491 g/mol. The fourth-order valence-electron chi connectivity index (χ4n) is 4.08. The second-order valence-corrected chi connectivity index (χ2v) is 8.95. The first kappa shape index (κ1) is 24.4. The first-order valence-electron chi connectivity index (χ1n) is 11.2. The fraction of sp³-hybridized carbons (Fsp3) is 0.214. The van der Waals surface area contributed by atoms with Gasteiger partial charge in [-0.15, -0.1) is 0 Å². The molecule has 0 aliphatic carbocycles. The van der Waals surface area contributed by atoms with E-state index in [1.807, 2.05) is 38.1 Å². The molecule has 1 heterocycles. The van der Waals surface area contributed by atoms with Gasteiger partial charge in [-0.25, -0.2) is 0 Å². The molecule has 0 radical (unpaired) electrons. The zero-order valence-corrected chi connectivity index (χ0v) is 20.5. The van der Waals surface area contributed by atoms with Crippen molar-refractivity contribution < 1.29 is 24.2 Å². The highest BCUT2D eigenvalue weighted by atomic mass is 35.5. The second-order valence-electron chi connectivity index (χ2n) is 8.52. The molecule has 1 atom stereocenters. The fourth-order valence-corrected chi connectivity index (χ4v) is 4.21. The lowest BCUT2D eigenvalue weighted by Crippen LogP contribution is -2.29. The van der Waals surface area contributed by atoms with Crippen LogP contribution in [0.4, 0.5) is 0 Å². The van der Waals surface area contributed by atoms with E-state index in [0.29, 0.717) is 27.6 Å². The molecule has 35 heavy (non-hydrogen) atoms. The lowest BCUT2D eigenvalue weighted by molar-refractivity contribution is -0.140. The average Bonchev–Trinajstić information content (AvgIpc) is 3.09. The normalized spacial score (nSPS) is 17.2. The number of benzene rings is 3. The Morgan fingerprint density at radius 1 is 0.943 bits per heavy atom. The number of likely N-dealkylation sites (tertiary alicyclic amines) is 1. The molecule has 7 heteroatoms. The third-order valence-corrected chi connectivity index (χ3v) is 5.99. The molecule has 1 saturated heterocycles. The molecule has 0 saturated carbocycles. The maximum absolute atomic E-state index is 13.2. The number of ketones is 1.